The Bertz CT molecular complexity index is 412. The molecular formula is C13H13NS. The summed E-state index contributed by atoms with van der Waals surface area (Å²) >= 11 is 1.70. The molecule has 2 heteroatoms. The van der Waals surface area contributed by atoms with Crippen molar-refractivity contribution in [1.82, 2.24) is 4.72 Å². The lowest BCUT2D eigenvalue weighted by atomic mass is 9.82. The average molecular weight is 215 g/mol. The van der Waals surface area contributed by atoms with Gasteiger partial charge in [0.05, 0.1) is 0 Å². The van der Waals surface area contributed by atoms with Crippen LogP contribution in [0.1, 0.15) is 6.42 Å². The highest BCUT2D eigenvalue weighted by Crippen LogP contribution is 2.35. The number of allylic oxidation sites excluding steroid dienone is 6. The van der Waals surface area contributed by atoms with Gasteiger partial charge in [0, 0.05) is 12.0 Å². The molecule has 2 aliphatic carbocycles. The molecule has 0 saturated carbocycles. The van der Waals surface area contributed by atoms with Crippen molar-refractivity contribution in [2.24, 2.45) is 5.92 Å². The van der Waals surface area contributed by atoms with Gasteiger partial charge in [-0.15, -0.1) is 0 Å². The summed E-state index contributed by atoms with van der Waals surface area (Å²) in [6.07, 6.45) is 16.7. The Morgan fingerprint density at radius 2 is 2.20 bits per heavy atom. The van der Waals surface area contributed by atoms with E-state index in [4.69, 9.17) is 0 Å². The topological polar surface area (TPSA) is 12.0 Å². The van der Waals surface area contributed by atoms with Crippen LogP contribution in [0.3, 0.4) is 0 Å². The minimum absolute atomic E-state index is 0.437. The Labute approximate surface area is 94.5 Å². The molecule has 1 N–H and O–H groups in total. The van der Waals surface area contributed by atoms with Gasteiger partial charge in [-0.3, -0.25) is 4.72 Å². The maximum Gasteiger partial charge on any atom is 0.0461 e. The fraction of sp³-hybridized carbons (Fsp3) is 0.231. The Morgan fingerprint density at radius 3 is 3.20 bits per heavy atom. The van der Waals surface area contributed by atoms with Crippen molar-refractivity contribution in [1.29, 1.82) is 0 Å². The number of hydrogen-bond acceptors (Lipinski definition) is 2. The van der Waals surface area contributed by atoms with Gasteiger partial charge < -0.3 is 0 Å². The van der Waals surface area contributed by atoms with Crippen LogP contribution in [0.15, 0.2) is 59.1 Å². The van der Waals surface area contributed by atoms with Crippen molar-refractivity contribution in [3.05, 3.63) is 59.1 Å². The smallest absolute Gasteiger partial charge is 0.0461 e. The quantitative estimate of drug-likeness (QED) is 0.623. The summed E-state index contributed by atoms with van der Waals surface area (Å²) in [6.45, 7) is 0. The highest BCUT2D eigenvalue weighted by Gasteiger charge is 2.26. The van der Waals surface area contributed by atoms with Gasteiger partial charge in [0.15, 0.2) is 0 Å². The van der Waals surface area contributed by atoms with Crippen molar-refractivity contribution >= 4 is 11.9 Å². The van der Waals surface area contributed by atoms with Crippen LogP contribution in [-0.2, 0) is 0 Å². The van der Waals surface area contributed by atoms with Gasteiger partial charge in [0.1, 0.15) is 0 Å². The predicted octanol–water partition coefficient (Wildman–Crippen LogP) is 3.12. The zero-order valence-corrected chi connectivity index (χ0v) is 9.21. The molecule has 0 spiro atoms. The van der Waals surface area contributed by atoms with Gasteiger partial charge in [-0.25, -0.2) is 0 Å². The molecule has 0 aromatic carbocycles. The molecule has 1 heterocycles. The Hall–Kier alpha value is -0.990. The van der Waals surface area contributed by atoms with Crippen LogP contribution >= 0.6 is 11.9 Å². The minimum Gasteiger partial charge on any atom is -0.253 e. The zero-order valence-electron chi connectivity index (χ0n) is 8.39. The molecule has 0 aromatic rings. The monoisotopic (exact) mass is 215 g/mol. The fourth-order valence-corrected chi connectivity index (χ4v) is 3.02. The first kappa shape index (κ1) is 9.25. The zero-order chi connectivity index (χ0) is 10.1. The first-order valence-electron chi connectivity index (χ1n) is 5.28. The van der Waals surface area contributed by atoms with E-state index in [1.54, 1.807) is 11.9 Å². The van der Waals surface area contributed by atoms with Crippen LogP contribution in [0.25, 0.3) is 0 Å². The maximum atomic E-state index is 3.47. The molecule has 0 fully saturated rings. The second kappa shape index (κ2) is 3.87. The number of rotatable bonds is 0. The second-order valence-corrected chi connectivity index (χ2v) is 4.63. The molecule has 15 heavy (non-hydrogen) atoms. The molecule has 0 saturated heterocycles. The van der Waals surface area contributed by atoms with Crippen LogP contribution in [0.2, 0.25) is 0 Å². The number of hydrogen-bond donors (Lipinski definition) is 1. The molecule has 76 valence electrons. The van der Waals surface area contributed by atoms with Crippen LogP contribution in [0, 0.1) is 5.92 Å². The van der Waals surface area contributed by atoms with Crippen molar-refractivity contribution in [3.63, 3.8) is 0 Å². The van der Waals surface area contributed by atoms with Crippen molar-refractivity contribution in [3.8, 4) is 0 Å². The molecule has 3 rings (SSSR count). The van der Waals surface area contributed by atoms with E-state index < -0.39 is 0 Å². The third kappa shape index (κ3) is 1.64. The van der Waals surface area contributed by atoms with E-state index in [0.29, 0.717) is 12.0 Å². The summed E-state index contributed by atoms with van der Waals surface area (Å²) in [5.74, 6) is 0.501. The van der Waals surface area contributed by atoms with E-state index in [9.17, 15) is 0 Å². The normalized spacial score (nSPS) is 32.5. The summed E-state index contributed by atoms with van der Waals surface area (Å²) in [4.78, 5) is 0. The minimum atomic E-state index is 0.437. The third-order valence-corrected chi connectivity index (χ3v) is 3.77. The molecule has 0 bridgehead atoms. The molecule has 0 radical (unpaired) electrons. The summed E-state index contributed by atoms with van der Waals surface area (Å²) in [6, 6.07) is 0.437. The molecule has 2 unspecified atom stereocenters. The maximum absolute atomic E-state index is 3.47. The van der Waals surface area contributed by atoms with Gasteiger partial charge in [0.25, 0.3) is 0 Å². The fourth-order valence-electron chi connectivity index (χ4n) is 2.23. The summed E-state index contributed by atoms with van der Waals surface area (Å²) in [7, 11) is 0. The molecule has 1 aliphatic heterocycles. The van der Waals surface area contributed by atoms with Gasteiger partial charge >= 0.3 is 0 Å². The predicted molar refractivity (Wildman–Crippen MR) is 66.2 cm³/mol. The van der Waals surface area contributed by atoms with Gasteiger partial charge in [-0.1, -0.05) is 54.5 Å². The largest absolute Gasteiger partial charge is 0.253 e. The standard InChI is InChI=1S/C13H13NS/c1-2-6-11-10(5-1)9-15-14-13-8-4-3-7-12(11)13/h1,3-9,12-14H,2H2. The van der Waals surface area contributed by atoms with E-state index in [-0.39, 0.29) is 0 Å². The van der Waals surface area contributed by atoms with Gasteiger partial charge in [-0.2, -0.15) is 0 Å². The Kier molecular flexibility index (Phi) is 2.39. The van der Waals surface area contributed by atoms with Gasteiger partial charge in [-0.05, 0) is 23.0 Å². The molecule has 1 nitrogen and oxygen atoms in total. The van der Waals surface area contributed by atoms with Crippen molar-refractivity contribution < 1.29 is 0 Å². The van der Waals surface area contributed by atoms with E-state index >= 15 is 0 Å². The Morgan fingerprint density at radius 1 is 1.27 bits per heavy atom. The van der Waals surface area contributed by atoms with Crippen LogP contribution in [0.5, 0.6) is 0 Å². The van der Waals surface area contributed by atoms with E-state index in [1.165, 1.54) is 11.1 Å². The lowest BCUT2D eigenvalue weighted by Crippen LogP contribution is -2.30. The molecule has 2 atom stereocenters. The van der Waals surface area contributed by atoms with Gasteiger partial charge in [0.2, 0.25) is 0 Å². The van der Waals surface area contributed by atoms with Crippen LogP contribution < -0.4 is 4.72 Å². The third-order valence-electron chi connectivity index (χ3n) is 2.99. The van der Waals surface area contributed by atoms with Crippen molar-refractivity contribution in [2.45, 2.75) is 12.5 Å². The van der Waals surface area contributed by atoms with E-state index in [0.717, 1.165) is 6.42 Å². The average Bonchev–Trinajstić information content (AvgIpc) is 2.48. The molecule has 0 amide bonds. The van der Waals surface area contributed by atoms with Crippen molar-refractivity contribution in [2.75, 3.05) is 0 Å². The molecule has 0 aromatic heterocycles. The highest BCUT2D eigenvalue weighted by atomic mass is 32.2. The summed E-state index contributed by atoms with van der Waals surface area (Å²) in [5.41, 5.74) is 2.84. The number of nitrogens with one attached hydrogen (secondary N) is 1. The summed E-state index contributed by atoms with van der Waals surface area (Å²) < 4.78 is 3.47. The molecular weight excluding hydrogens is 202 g/mol. The molecule has 3 aliphatic rings. The second-order valence-electron chi connectivity index (χ2n) is 3.93. The SMILES string of the molecule is C1=CC2NSC=C3C=CCC=C3C2C=C1. The lowest BCUT2D eigenvalue weighted by Gasteiger charge is -2.25. The van der Waals surface area contributed by atoms with Crippen LogP contribution in [0.4, 0.5) is 0 Å². The first-order chi connectivity index (χ1) is 7.45. The highest BCUT2D eigenvalue weighted by molar-refractivity contribution is 8.00. The van der Waals surface area contributed by atoms with E-state index in [1.807, 2.05) is 0 Å². The van der Waals surface area contributed by atoms with E-state index in [2.05, 4.69) is 52.7 Å². The number of fused-ring (bicyclic) bond motifs is 3. The summed E-state index contributed by atoms with van der Waals surface area (Å²) in [5, 5.41) is 2.21. The van der Waals surface area contributed by atoms with Crippen LogP contribution in [-0.4, -0.2) is 6.04 Å². The lowest BCUT2D eigenvalue weighted by molar-refractivity contribution is 0.624. The Balaban J connectivity index is 2.01. The first-order valence-corrected chi connectivity index (χ1v) is 6.16.